The Morgan fingerprint density at radius 3 is 2.28 bits per heavy atom. The number of nitrogens with one attached hydrogen (secondary N) is 4. The molecular formula is C39H58N6O7S2. The van der Waals surface area contributed by atoms with Gasteiger partial charge in [0.25, 0.3) is 15.9 Å². The molecule has 1 unspecified atom stereocenters. The summed E-state index contributed by atoms with van der Waals surface area (Å²) < 4.78 is 28.9. The molecule has 4 fully saturated rings. The monoisotopic (exact) mass is 786 g/mol. The molecule has 4 aliphatic rings. The lowest BCUT2D eigenvalue weighted by atomic mass is 9.80. The average Bonchev–Trinajstić information content (AvgIpc) is 3.76. The van der Waals surface area contributed by atoms with Crippen LogP contribution in [0.25, 0.3) is 0 Å². The molecule has 1 aliphatic heterocycles. The maximum Gasteiger partial charge on any atom is 0.315 e. The Hall–Kier alpha value is -3.56. The molecule has 0 spiro atoms. The Kier molecular flexibility index (Phi) is 12.5. The van der Waals surface area contributed by atoms with Crippen LogP contribution in [0.1, 0.15) is 80.1 Å². The second-order valence-electron chi connectivity index (χ2n) is 17.4. The van der Waals surface area contributed by atoms with Crippen LogP contribution in [-0.2, 0) is 29.2 Å². The topological polar surface area (TPSA) is 174 Å². The number of thiophene rings is 1. The number of sulfonamides is 1. The van der Waals surface area contributed by atoms with Crippen molar-refractivity contribution in [3.63, 3.8) is 0 Å². The second-order valence-corrected chi connectivity index (χ2v) is 20.5. The first-order valence-electron chi connectivity index (χ1n) is 19.1. The van der Waals surface area contributed by atoms with E-state index in [2.05, 4.69) is 48.3 Å². The summed E-state index contributed by atoms with van der Waals surface area (Å²) in [5.74, 6) is -2.10. The van der Waals surface area contributed by atoms with Crippen LogP contribution in [0.15, 0.2) is 46.5 Å². The summed E-state index contributed by atoms with van der Waals surface area (Å²) in [5, 5.41) is 12.9. The largest absolute Gasteiger partial charge is 0.346 e. The van der Waals surface area contributed by atoms with Crippen molar-refractivity contribution in [2.24, 2.45) is 34.5 Å². The number of likely N-dealkylation sites (tertiary alicyclic amines) is 1. The highest BCUT2D eigenvalue weighted by Gasteiger charge is 2.70. The van der Waals surface area contributed by atoms with Gasteiger partial charge >= 0.3 is 6.03 Å². The number of carbonyl (C=O) groups is 5. The van der Waals surface area contributed by atoms with E-state index in [1.165, 1.54) is 15.3 Å². The fourth-order valence-corrected chi connectivity index (χ4v) is 10.5. The Morgan fingerprint density at radius 1 is 1.06 bits per heavy atom. The summed E-state index contributed by atoms with van der Waals surface area (Å²) >= 11 is 1.14. The van der Waals surface area contributed by atoms with Crippen molar-refractivity contribution < 1.29 is 32.4 Å². The zero-order valence-corrected chi connectivity index (χ0v) is 34.1. The standard InChI is InChI=1S/C39H58N6O7S2/c1-9-17-40-35(48)32(46)27(19-24-12-10-13-24)41-34(47)31-30-26(39(30,7)8)21-45(31)36(49)33(38(4,5)6)43-37(50)42-28(23(2)3)22-44(20-25-15-16-25)54(51,52)29-14-11-18-53-29/h9,11,14,18,24-28,30-31,33H,1-2,10,12-13,15-17,19-22H2,3-8H3,(H,40,48)(H,41,47)(H2,42,43,50)/t26-,27?,28+,30-,31-,33+/m0/s1. The quantitative estimate of drug-likeness (QED) is 0.129. The van der Waals surface area contributed by atoms with E-state index in [0.717, 1.165) is 43.4 Å². The lowest BCUT2D eigenvalue weighted by molar-refractivity contribution is -0.145. The Labute approximate surface area is 324 Å². The van der Waals surface area contributed by atoms with Gasteiger partial charge in [0, 0.05) is 26.2 Å². The van der Waals surface area contributed by atoms with Crippen LogP contribution in [-0.4, -0.2) is 97.5 Å². The molecule has 1 aromatic heterocycles. The molecule has 298 valence electrons. The van der Waals surface area contributed by atoms with Crippen molar-refractivity contribution in [1.29, 1.82) is 0 Å². The molecule has 1 aromatic rings. The van der Waals surface area contributed by atoms with Gasteiger partial charge < -0.3 is 26.2 Å². The smallest absolute Gasteiger partial charge is 0.315 e. The average molecular weight is 787 g/mol. The van der Waals surface area contributed by atoms with E-state index >= 15 is 0 Å². The molecule has 2 heterocycles. The summed E-state index contributed by atoms with van der Waals surface area (Å²) in [6, 6.07) is -1.15. The highest BCUT2D eigenvalue weighted by Crippen LogP contribution is 2.65. The number of hydrogen-bond donors (Lipinski definition) is 4. The molecule has 6 atom stereocenters. The van der Waals surface area contributed by atoms with Gasteiger partial charge in [0.2, 0.25) is 17.6 Å². The lowest BCUT2D eigenvalue weighted by Gasteiger charge is -2.38. The number of rotatable bonds is 18. The number of carbonyl (C=O) groups excluding carboxylic acids is 5. The van der Waals surface area contributed by atoms with Gasteiger partial charge in [-0.25, -0.2) is 13.2 Å². The van der Waals surface area contributed by atoms with Crippen LogP contribution in [0.5, 0.6) is 0 Å². The fraction of sp³-hybridized carbons (Fsp3) is 0.667. The minimum atomic E-state index is -3.81. The van der Waals surface area contributed by atoms with Crippen molar-refractivity contribution in [1.82, 2.24) is 30.5 Å². The van der Waals surface area contributed by atoms with Gasteiger partial charge in [0.1, 0.15) is 16.3 Å². The lowest BCUT2D eigenvalue weighted by Crippen LogP contribution is -2.62. The van der Waals surface area contributed by atoms with E-state index in [1.807, 2.05) is 20.8 Å². The molecule has 3 aliphatic carbocycles. The minimum Gasteiger partial charge on any atom is -0.346 e. The fourth-order valence-electron chi connectivity index (χ4n) is 7.84. The first-order valence-corrected chi connectivity index (χ1v) is 21.4. The van der Waals surface area contributed by atoms with Gasteiger partial charge in [-0.15, -0.1) is 17.9 Å². The van der Waals surface area contributed by atoms with Crippen LogP contribution >= 0.6 is 11.3 Å². The highest BCUT2D eigenvalue weighted by molar-refractivity contribution is 7.91. The van der Waals surface area contributed by atoms with Gasteiger partial charge in [0.05, 0.1) is 12.1 Å². The number of nitrogens with zero attached hydrogens (tertiary/aromatic N) is 2. The van der Waals surface area contributed by atoms with E-state index in [-0.39, 0.29) is 46.4 Å². The minimum absolute atomic E-state index is 0.0210. The number of piperidine rings is 1. The van der Waals surface area contributed by atoms with Crippen LogP contribution in [0, 0.1) is 34.5 Å². The molecule has 0 bridgehead atoms. The van der Waals surface area contributed by atoms with Gasteiger partial charge in [-0.2, -0.15) is 4.31 Å². The molecule has 0 aromatic carbocycles. The summed E-state index contributed by atoms with van der Waals surface area (Å²) in [6.07, 6.45) is 6.54. The van der Waals surface area contributed by atoms with Crippen LogP contribution in [0.2, 0.25) is 0 Å². The zero-order chi connectivity index (χ0) is 39.7. The molecule has 5 amide bonds. The van der Waals surface area contributed by atoms with Gasteiger partial charge in [-0.1, -0.05) is 78.2 Å². The molecule has 4 N–H and O–H groups in total. The molecule has 3 saturated carbocycles. The number of ketones is 1. The van der Waals surface area contributed by atoms with Crippen molar-refractivity contribution in [3.05, 3.63) is 42.3 Å². The van der Waals surface area contributed by atoms with Crippen LogP contribution in [0.3, 0.4) is 0 Å². The first kappa shape index (κ1) is 41.6. The third-order valence-corrected chi connectivity index (χ3v) is 14.9. The normalized spacial score (nSPS) is 23.6. The Balaban J connectivity index is 1.32. The molecule has 15 heteroatoms. The third-order valence-electron chi connectivity index (χ3n) is 11.7. The zero-order valence-electron chi connectivity index (χ0n) is 32.5. The molecule has 5 rings (SSSR count). The van der Waals surface area contributed by atoms with Crippen molar-refractivity contribution in [2.45, 2.75) is 108 Å². The number of Topliss-reactive ketones (excluding diaryl/α,β-unsaturated/α-hetero) is 1. The van der Waals surface area contributed by atoms with Gasteiger partial charge in [-0.3, -0.25) is 19.2 Å². The molecule has 13 nitrogen and oxygen atoms in total. The van der Waals surface area contributed by atoms with Crippen molar-refractivity contribution in [3.8, 4) is 0 Å². The number of fused-ring (bicyclic) bond motifs is 1. The molecule has 1 saturated heterocycles. The van der Waals surface area contributed by atoms with Crippen LogP contribution in [0.4, 0.5) is 4.79 Å². The number of hydrogen-bond acceptors (Lipinski definition) is 8. The SMILES string of the molecule is C=CCNC(=O)C(=O)C(CC1CCC1)NC(=O)[C@@H]1[C@@H]2[C@H](CN1C(=O)[C@@H](NC(=O)N[C@H](CN(CC1CC1)S(=O)(=O)c1cccs1)C(=C)C)C(C)(C)C)C2(C)C. The van der Waals surface area contributed by atoms with Gasteiger partial charge in [0.15, 0.2) is 0 Å². The highest BCUT2D eigenvalue weighted by atomic mass is 32.2. The predicted octanol–water partition coefficient (Wildman–Crippen LogP) is 3.84. The van der Waals surface area contributed by atoms with Gasteiger partial charge in [-0.05, 0) is 72.1 Å². The first-order chi connectivity index (χ1) is 25.3. The summed E-state index contributed by atoms with van der Waals surface area (Å²) in [7, 11) is -3.81. The second kappa shape index (κ2) is 16.3. The van der Waals surface area contributed by atoms with E-state index in [9.17, 15) is 32.4 Å². The summed E-state index contributed by atoms with van der Waals surface area (Å²) in [4.78, 5) is 70.1. The molecular weight excluding hydrogens is 729 g/mol. The molecule has 54 heavy (non-hydrogen) atoms. The summed E-state index contributed by atoms with van der Waals surface area (Å²) in [6.45, 7) is 19.6. The van der Waals surface area contributed by atoms with E-state index < -0.39 is 69.1 Å². The molecule has 0 radical (unpaired) electrons. The summed E-state index contributed by atoms with van der Waals surface area (Å²) in [5.41, 5.74) is -0.461. The van der Waals surface area contributed by atoms with E-state index in [1.54, 1.807) is 24.4 Å². The third kappa shape index (κ3) is 9.27. The number of urea groups is 1. The maximum absolute atomic E-state index is 14.5. The van der Waals surface area contributed by atoms with E-state index in [0.29, 0.717) is 25.1 Å². The Morgan fingerprint density at radius 2 is 1.74 bits per heavy atom. The predicted molar refractivity (Wildman–Crippen MR) is 208 cm³/mol. The number of amides is 5. The van der Waals surface area contributed by atoms with Crippen molar-refractivity contribution >= 4 is 50.9 Å². The van der Waals surface area contributed by atoms with E-state index in [4.69, 9.17) is 0 Å². The Bertz CT molecular complexity index is 1730. The van der Waals surface area contributed by atoms with Crippen molar-refractivity contribution in [2.75, 3.05) is 26.2 Å². The maximum atomic E-state index is 14.5. The van der Waals surface area contributed by atoms with Crippen LogP contribution < -0.4 is 21.3 Å².